The monoisotopic (exact) mass is 394 g/mol. The zero-order chi connectivity index (χ0) is 20.8. The molecular formula is C23H27FN4O. The average Bonchev–Trinajstić information content (AvgIpc) is 3.21. The SMILES string of the molecule is CC(C(=O)N(C)CCCc1cc(-c2cccc(F)c2)n[nH]1)C(N)c1ccccc1. The van der Waals surface area contributed by atoms with Gasteiger partial charge in [0, 0.05) is 30.9 Å². The number of hydrogen-bond acceptors (Lipinski definition) is 3. The third-order valence-electron chi connectivity index (χ3n) is 5.18. The summed E-state index contributed by atoms with van der Waals surface area (Å²) in [6.07, 6.45) is 1.54. The zero-order valence-electron chi connectivity index (χ0n) is 16.8. The van der Waals surface area contributed by atoms with E-state index in [9.17, 15) is 9.18 Å². The highest BCUT2D eigenvalue weighted by Crippen LogP contribution is 2.21. The van der Waals surface area contributed by atoms with Gasteiger partial charge in [0.25, 0.3) is 0 Å². The number of benzene rings is 2. The number of nitrogens with one attached hydrogen (secondary N) is 1. The Morgan fingerprint density at radius 2 is 1.93 bits per heavy atom. The van der Waals surface area contributed by atoms with E-state index in [0.717, 1.165) is 29.7 Å². The van der Waals surface area contributed by atoms with Gasteiger partial charge in [-0.05, 0) is 36.6 Å². The fraction of sp³-hybridized carbons (Fsp3) is 0.304. The number of carbonyl (C=O) groups excluding carboxylic acids is 1. The van der Waals surface area contributed by atoms with Crippen LogP contribution < -0.4 is 5.73 Å². The molecule has 6 heteroatoms. The predicted molar refractivity (Wildman–Crippen MR) is 112 cm³/mol. The molecule has 0 saturated carbocycles. The molecule has 2 atom stereocenters. The van der Waals surface area contributed by atoms with Crippen LogP contribution >= 0.6 is 0 Å². The normalized spacial score (nSPS) is 13.1. The lowest BCUT2D eigenvalue weighted by Gasteiger charge is -2.25. The second-order valence-electron chi connectivity index (χ2n) is 7.38. The van der Waals surface area contributed by atoms with Crippen LogP contribution in [-0.4, -0.2) is 34.6 Å². The molecule has 3 rings (SSSR count). The van der Waals surface area contributed by atoms with Gasteiger partial charge in [-0.3, -0.25) is 9.89 Å². The van der Waals surface area contributed by atoms with Crippen LogP contribution in [0.15, 0.2) is 60.7 Å². The molecule has 0 aliphatic rings. The summed E-state index contributed by atoms with van der Waals surface area (Å²) >= 11 is 0. The van der Waals surface area contributed by atoms with Crippen molar-refractivity contribution in [1.29, 1.82) is 0 Å². The van der Waals surface area contributed by atoms with E-state index in [1.165, 1.54) is 12.1 Å². The molecule has 1 amide bonds. The standard InChI is InChI=1S/C23H27FN4O/c1-16(22(25)17-8-4-3-5-9-17)23(29)28(2)13-7-12-20-15-21(27-26-20)18-10-6-11-19(24)14-18/h3-6,8-11,14-16,22H,7,12-13,25H2,1-2H3,(H,26,27). The zero-order valence-corrected chi connectivity index (χ0v) is 16.8. The van der Waals surface area contributed by atoms with Gasteiger partial charge in [-0.25, -0.2) is 4.39 Å². The van der Waals surface area contributed by atoms with Crippen molar-refractivity contribution in [2.45, 2.75) is 25.8 Å². The Labute approximate surface area is 170 Å². The summed E-state index contributed by atoms with van der Waals surface area (Å²) in [5, 5.41) is 7.25. The highest BCUT2D eigenvalue weighted by atomic mass is 19.1. The van der Waals surface area contributed by atoms with Gasteiger partial charge in [-0.1, -0.05) is 49.4 Å². The van der Waals surface area contributed by atoms with Crippen LogP contribution in [0.5, 0.6) is 0 Å². The van der Waals surface area contributed by atoms with E-state index in [1.54, 1.807) is 11.0 Å². The van der Waals surface area contributed by atoms with Gasteiger partial charge in [0.15, 0.2) is 0 Å². The first-order chi connectivity index (χ1) is 14.0. The number of aromatic amines is 1. The van der Waals surface area contributed by atoms with Crippen molar-refractivity contribution in [3.05, 3.63) is 77.7 Å². The Balaban J connectivity index is 1.50. The predicted octanol–water partition coefficient (Wildman–Crippen LogP) is 3.94. The van der Waals surface area contributed by atoms with Crippen LogP contribution in [0.4, 0.5) is 4.39 Å². The molecule has 1 aromatic heterocycles. The van der Waals surface area contributed by atoms with Crippen LogP contribution in [0.3, 0.4) is 0 Å². The summed E-state index contributed by atoms with van der Waals surface area (Å²) in [6, 6.07) is 17.6. The smallest absolute Gasteiger partial charge is 0.227 e. The first kappa shape index (κ1) is 20.7. The highest BCUT2D eigenvalue weighted by Gasteiger charge is 2.24. The van der Waals surface area contributed by atoms with Crippen LogP contribution in [0.1, 0.15) is 30.6 Å². The maximum atomic E-state index is 13.4. The number of nitrogens with two attached hydrogens (primary N) is 1. The molecule has 1 heterocycles. The van der Waals surface area contributed by atoms with Crippen LogP contribution in [0.2, 0.25) is 0 Å². The summed E-state index contributed by atoms with van der Waals surface area (Å²) in [5.41, 5.74) is 9.65. The lowest BCUT2D eigenvalue weighted by Crippen LogP contribution is -2.37. The van der Waals surface area contributed by atoms with Gasteiger partial charge in [0.2, 0.25) is 5.91 Å². The van der Waals surface area contributed by atoms with Crippen molar-refractivity contribution in [1.82, 2.24) is 15.1 Å². The van der Waals surface area contributed by atoms with E-state index in [0.29, 0.717) is 12.2 Å². The van der Waals surface area contributed by atoms with Crippen LogP contribution in [0, 0.1) is 11.7 Å². The Morgan fingerprint density at radius 3 is 2.66 bits per heavy atom. The average molecular weight is 394 g/mol. The minimum atomic E-state index is -0.326. The molecular weight excluding hydrogens is 367 g/mol. The van der Waals surface area contributed by atoms with E-state index >= 15 is 0 Å². The second-order valence-corrected chi connectivity index (χ2v) is 7.38. The quantitative estimate of drug-likeness (QED) is 0.608. The molecule has 0 aliphatic carbocycles. The van der Waals surface area contributed by atoms with E-state index in [4.69, 9.17) is 5.73 Å². The Kier molecular flexibility index (Phi) is 6.77. The van der Waals surface area contributed by atoms with Gasteiger partial charge in [-0.15, -0.1) is 0 Å². The summed E-state index contributed by atoms with van der Waals surface area (Å²) < 4.78 is 13.4. The van der Waals surface area contributed by atoms with Crippen molar-refractivity contribution in [3.63, 3.8) is 0 Å². The fourth-order valence-corrected chi connectivity index (χ4v) is 3.37. The summed E-state index contributed by atoms with van der Waals surface area (Å²) in [6.45, 7) is 2.50. The van der Waals surface area contributed by atoms with Crippen molar-refractivity contribution in [3.8, 4) is 11.3 Å². The minimum absolute atomic E-state index is 0.0337. The first-order valence-corrected chi connectivity index (χ1v) is 9.81. The molecule has 0 spiro atoms. The lowest BCUT2D eigenvalue weighted by molar-refractivity contribution is -0.134. The first-order valence-electron chi connectivity index (χ1n) is 9.81. The highest BCUT2D eigenvalue weighted by molar-refractivity contribution is 5.79. The molecule has 2 unspecified atom stereocenters. The van der Waals surface area contributed by atoms with Gasteiger partial charge < -0.3 is 10.6 Å². The molecule has 5 nitrogen and oxygen atoms in total. The Hall–Kier alpha value is -2.99. The van der Waals surface area contributed by atoms with Crippen LogP contribution in [-0.2, 0) is 11.2 Å². The summed E-state index contributed by atoms with van der Waals surface area (Å²) in [4.78, 5) is 14.4. The van der Waals surface area contributed by atoms with Gasteiger partial charge in [0.1, 0.15) is 5.82 Å². The lowest BCUT2D eigenvalue weighted by atomic mass is 9.94. The van der Waals surface area contributed by atoms with Gasteiger partial charge in [0.05, 0.1) is 11.6 Å². The molecule has 29 heavy (non-hydrogen) atoms. The number of aryl methyl sites for hydroxylation is 1. The van der Waals surface area contributed by atoms with Gasteiger partial charge >= 0.3 is 0 Å². The molecule has 3 aromatic rings. The largest absolute Gasteiger partial charge is 0.345 e. The number of halogens is 1. The minimum Gasteiger partial charge on any atom is -0.345 e. The van der Waals surface area contributed by atoms with Crippen molar-refractivity contribution < 1.29 is 9.18 Å². The maximum Gasteiger partial charge on any atom is 0.227 e. The summed E-state index contributed by atoms with van der Waals surface area (Å²) in [5.74, 6) is -0.546. The molecule has 0 saturated heterocycles. The number of carbonyl (C=O) groups is 1. The number of nitrogens with zero attached hydrogens (tertiary/aromatic N) is 2. The third-order valence-corrected chi connectivity index (χ3v) is 5.18. The second kappa shape index (κ2) is 9.47. The molecule has 0 aliphatic heterocycles. The molecule has 0 fully saturated rings. The molecule has 2 aromatic carbocycles. The van der Waals surface area contributed by atoms with E-state index in [1.807, 2.05) is 56.4 Å². The van der Waals surface area contributed by atoms with Crippen LogP contribution in [0.25, 0.3) is 11.3 Å². The number of hydrogen-bond donors (Lipinski definition) is 2. The summed E-state index contributed by atoms with van der Waals surface area (Å²) in [7, 11) is 1.81. The number of H-pyrrole nitrogens is 1. The van der Waals surface area contributed by atoms with Crippen molar-refractivity contribution in [2.24, 2.45) is 11.7 Å². The number of aromatic nitrogens is 2. The van der Waals surface area contributed by atoms with E-state index in [-0.39, 0.29) is 23.7 Å². The number of rotatable bonds is 8. The third kappa shape index (κ3) is 5.29. The Bertz CT molecular complexity index is 941. The molecule has 0 radical (unpaired) electrons. The van der Waals surface area contributed by atoms with Crippen molar-refractivity contribution >= 4 is 5.91 Å². The number of amides is 1. The molecule has 0 bridgehead atoms. The topological polar surface area (TPSA) is 75.0 Å². The maximum absolute atomic E-state index is 13.4. The van der Waals surface area contributed by atoms with Gasteiger partial charge in [-0.2, -0.15) is 5.10 Å². The van der Waals surface area contributed by atoms with Crippen molar-refractivity contribution in [2.75, 3.05) is 13.6 Å². The molecule has 152 valence electrons. The van der Waals surface area contributed by atoms with E-state index < -0.39 is 0 Å². The Morgan fingerprint density at radius 1 is 1.17 bits per heavy atom. The molecule has 3 N–H and O–H groups in total. The fourth-order valence-electron chi connectivity index (χ4n) is 3.37. The van der Waals surface area contributed by atoms with E-state index in [2.05, 4.69) is 10.2 Å².